The van der Waals surface area contributed by atoms with Crippen molar-refractivity contribution in [1.29, 1.82) is 0 Å². The molecule has 0 aliphatic heterocycles. The second kappa shape index (κ2) is 6.06. The van der Waals surface area contributed by atoms with Gasteiger partial charge in [0.15, 0.2) is 5.76 Å². The van der Waals surface area contributed by atoms with Crippen LogP contribution in [0.15, 0.2) is 47.1 Å². The summed E-state index contributed by atoms with van der Waals surface area (Å²) in [6, 6.07) is 9.99. The fourth-order valence-corrected chi connectivity index (χ4v) is 1.65. The molecule has 0 unspecified atom stereocenters. The Morgan fingerprint density at radius 2 is 1.75 bits per heavy atom. The van der Waals surface area contributed by atoms with E-state index in [2.05, 4.69) is 10.6 Å². The number of hydrogen-bond acceptors (Lipinski definition) is 3. The van der Waals surface area contributed by atoms with Crippen LogP contribution in [0.3, 0.4) is 0 Å². The molecule has 0 radical (unpaired) electrons. The second-order valence-electron chi connectivity index (χ2n) is 4.64. The standard InChI is InChI=1S/C15H16N2O3/c1-10(2)16-14(18)11-5-7-12(8-6-11)17-15(19)13-4-3-9-20-13/h3-10H,1-2H3,(H,16,18)(H,17,19). The van der Waals surface area contributed by atoms with Gasteiger partial charge in [0.05, 0.1) is 6.26 Å². The van der Waals surface area contributed by atoms with Gasteiger partial charge in [0.1, 0.15) is 0 Å². The summed E-state index contributed by atoms with van der Waals surface area (Å²) in [5.41, 5.74) is 1.15. The van der Waals surface area contributed by atoms with Gasteiger partial charge in [0.25, 0.3) is 11.8 Å². The normalized spacial score (nSPS) is 10.3. The smallest absolute Gasteiger partial charge is 0.291 e. The molecule has 0 atom stereocenters. The third-order valence-electron chi connectivity index (χ3n) is 2.57. The average molecular weight is 272 g/mol. The Labute approximate surface area is 117 Å². The van der Waals surface area contributed by atoms with E-state index in [4.69, 9.17) is 4.42 Å². The van der Waals surface area contributed by atoms with Crippen molar-refractivity contribution in [3.05, 3.63) is 54.0 Å². The highest BCUT2D eigenvalue weighted by Gasteiger charge is 2.10. The zero-order chi connectivity index (χ0) is 14.5. The zero-order valence-electron chi connectivity index (χ0n) is 11.3. The van der Waals surface area contributed by atoms with Crippen LogP contribution in [0.25, 0.3) is 0 Å². The van der Waals surface area contributed by atoms with E-state index in [0.29, 0.717) is 11.3 Å². The molecule has 0 saturated carbocycles. The first kappa shape index (κ1) is 13.9. The number of furan rings is 1. The topological polar surface area (TPSA) is 71.3 Å². The van der Waals surface area contributed by atoms with E-state index < -0.39 is 0 Å². The summed E-state index contributed by atoms with van der Waals surface area (Å²) in [6.45, 7) is 3.80. The molecule has 0 bridgehead atoms. The van der Waals surface area contributed by atoms with Gasteiger partial charge in [-0.25, -0.2) is 0 Å². The first-order valence-corrected chi connectivity index (χ1v) is 6.32. The summed E-state index contributed by atoms with van der Waals surface area (Å²) in [7, 11) is 0. The number of benzene rings is 1. The minimum absolute atomic E-state index is 0.0841. The number of carbonyl (C=O) groups excluding carboxylic acids is 2. The third kappa shape index (κ3) is 3.47. The maximum absolute atomic E-state index is 11.8. The molecular formula is C15H16N2O3. The van der Waals surface area contributed by atoms with E-state index in [-0.39, 0.29) is 23.6 Å². The Morgan fingerprint density at radius 1 is 1.05 bits per heavy atom. The van der Waals surface area contributed by atoms with Crippen molar-refractivity contribution in [2.24, 2.45) is 0 Å². The molecule has 0 spiro atoms. The molecule has 0 saturated heterocycles. The Bertz CT molecular complexity index is 586. The molecule has 0 fully saturated rings. The van der Waals surface area contributed by atoms with Crippen LogP contribution in [-0.2, 0) is 0 Å². The van der Waals surface area contributed by atoms with E-state index in [1.807, 2.05) is 13.8 Å². The molecule has 5 heteroatoms. The molecule has 2 aromatic rings. The zero-order valence-corrected chi connectivity index (χ0v) is 11.3. The maximum Gasteiger partial charge on any atom is 0.291 e. The lowest BCUT2D eigenvalue weighted by atomic mass is 10.2. The van der Waals surface area contributed by atoms with Crippen molar-refractivity contribution >= 4 is 17.5 Å². The average Bonchev–Trinajstić information content (AvgIpc) is 2.92. The van der Waals surface area contributed by atoms with Gasteiger partial charge in [-0.05, 0) is 50.2 Å². The van der Waals surface area contributed by atoms with Gasteiger partial charge in [-0.3, -0.25) is 9.59 Å². The van der Waals surface area contributed by atoms with E-state index in [1.165, 1.54) is 6.26 Å². The van der Waals surface area contributed by atoms with Crippen LogP contribution < -0.4 is 10.6 Å². The molecule has 1 aromatic carbocycles. The fourth-order valence-electron chi connectivity index (χ4n) is 1.65. The maximum atomic E-state index is 11.8. The van der Waals surface area contributed by atoms with Crippen molar-refractivity contribution in [2.45, 2.75) is 19.9 Å². The molecule has 1 heterocycles. The Balaban J connectivity index is 2.01. The van der Waals surface area contributed by atoms with Gasteiger partial charge in [-0.1, -0.05) is 0 Å². The van der Waals surface area contributed by atoms with Crippen LogP contribution in [0.1, 0.15) is 34.8 Å². The lowest BCUT2D eigenvalue weighted by Crippen LogP contribution is -2.29. The third-order valence-corrected chi connectivity index (χ3v) is 2.57. The summed E-state index contributed by atoms with van der Waals surface area (Å²) < 4.78 is 5.00. The highest BCUT2D eigenvalue weighted by Crippen LogP contribution is 2.12. The van der Waals surface area contributed by atoms with E-state index >= 15 is 0 Å². The van der Waals surface area contributed by atoms with Crippen molar-refractivity contribution in [3.63, 3.8) is 0 Å². The van der Waals surface area contributed by atoms with Gasteiger partial charge >= 0.3 is 0 Å². The monoisotopic (exact) mass is 272 g/mol. The molecule has 104 valence electrons. The summed E-state index contributed by atoms with van der Waals surface area (Å²) in [4.78, 5) is 23.5. The largest absolute Gasteiger partial charge is 0.459 e. The SMILES string of the molecule is CC(C)NC(=O)c1ccc(NC(=O)c2ccco2)cc1. The predicted octanol–water partition coefficient (Wildman–Crippen LogP) is 2.67. The van der Waals surface area contributed by atoms with Crippen LogP contribution in [0.5, 0.6) is 0 Å². The van der Waals surface area contributed by atoms with E-state index in [0.717, 1.165) is 0 Å². The summed E-state index contributed by atoms with van der Waals surface area (Å²) >= 11 is 0. The predicted molar refractivity (Wildman–Crippen MR) is 75.7 cm³/mol. The molecule has 1 aromatic heterocycles. The van der Waals surface area contributed by atoms with Gasteiger partial charge in [0, 0.05) is 17.3 Å². The molecule has 0 aliphatic carbocycles. The highest BCUT2D eigenvalue weighted by atomic mass is 16.3. The van der Waals surface area contributed by atoms with E-state index in [1.54, 1.807) is 36.4 Å². The van der Waals surface area contributed by atoms with Gasteiger partial charge < -0.3 is 15.1 Å². The summed E-state index contributed by atoms with van der Waals surface area (Å²) in [6.07, 6.45) is 1.44. The number of amides is 2. The van der Waals surface area contributed by atoms with Crippen LogP contribution in [0.2, 0.25) is 0 Å². The van der Waals surface area contributed by atoms with Crippen molar-refractivity contribution in [1.82, 2.24) is 5.32 Å². The highest BCUT2D eigenvalue weighted by molar-refractivity contribution is 6.02. The Kier molecular flexibility index (Phi) is 4.20. The van der Waals surface area contributed by atoms with Crippen LogP contribution in [0, 0.1) is 0 Å². The molecule has 5 nitrogen and oxygen atoms in total. The summed E-state index contributed by atoms with van der Waals surface area (Å²) in [5, 5.41) is 5.49. The molecule has 20 heavy (non-hydrogen) atoms. The first-order valence-electron chi connectivity index (χ1n) is 6.32. The molecule has 2 N–H and O–H groups in total. The number of anilines is 1. The Hall–Kier alpha value is -2.56. The molecule has 2 amide bonds. The minimum Gasteiger partial charge on any atom is -0.459 e. The summed E-state index contributed by atoms with van der Waals surface area (Å²) in [5.74, 6) is -0.218. The van der Waals surface area contributed by atoms with Crippen molar-refractivity contribution < 1.29 is 14.0 Å². The number of hydrogen-bond donors (Lipinski definition) is 2. The van der Waals surface area contributed by atoms with Crippen LogP contribution in [0.4, 0.5) is 5.69 Å². The van der Waals surface area contributed by atoms with Gasteiger partial charge in [-0.15, -0.1) is 0 Å². The van der Waals surface area contributed by atoms with Crippen LogP contribution in [-0.4, -0.2) is 17.9 Å². The number of nitrogens with one attached hydrogen (secondary N) is 2. The van der Waals surface area contributed by atoms with Gasteiger partial charge in [0.2, 0.25) is 0 Å². The lowest BCUT2D eigenvalue weighted by molar-refractivity contribution is 0.0942. The second-order valence-corrected chi connectivity index (χ2v) is 4.64. The number of carbonyl (C=O) groups is 2. The lowest BCUT2D eigenvalue weighted by Gasteiger charge is -2.09. The molecule has 2 rings (SSSR count). The molecular weight excluding hydrogens is 256 g/mol. The Morgan fingerprint density at radius 3 is 2.30 bits per heavy atom. The fraction of sp³-hybridized carbons (Fsp3) is 0.200. The van der Waals surface area contributed by atoms with Crippen molar-refractivity contribution in [2.75, 3.05) is 5.32 Å². The van der Waals surface area contributed by atoms with Gasteiger partial charge in [-0.2, -0.15) is 0 Å². The van der Waals surface area contributed by atoms with Crippen LogP contribution >= 0.6 is 0 Å². The first-order chi connectivity index (χ1) is 9.56. The molecule has 0 aliphatic rings. The quantitative estimate of drug-likeness (QED) is 0.898. The van der Waals surface area contributed by atoms with E-state index in [9.17, 15) is 9.59 Å². The number of rotatable bonds is 4. The minimum atomic E-state index is -0.325. The van der Waals surface area contributed by atoms with Crippen molar-refractivity contribution in [3.8, 4) is 0 Å².